The summed E-state index contributed by atoms with van der Waals surface area (Å²) in [4.78, 5) is 0. The average Bonchev–Trinajstić information content (AvgIpc) is 1.79. The first-order valence-electron chi connectivity index (χ1n) is 4.60. The minimum Gasteiger partial charge on any atom is -0.161 e. The predicted molar refractivity (Wildman–Crippen MR) is 55.5 cm³/mol. The molecule has 0 saturated carbocycles. The fourth-order valence-corrected chi connectivity index (χ4v) is 3.40. The van der Waals surface area contributed by atoms with Crippen molar-refractivity contribution in [3.63, 3.8) is 0 Å². The van der Waals surface area contributed by atoms with Crippen LogP contribution >= 0.6 is 23.5 Å². The zero-order valence-corrected chi connectivity index (χ0v) is 8.55. The van der Waals surface area contributed by atoms with E-state index in [2.05, 4.69) is 23.5 Å². The van der Waals surface area contributed by atoms with E-state index in [-0.39, 0.29) is 0 Å². The van der Waals surface area contributed by atoms with E-state index in [0.717, 1.165) is 11.8 Å². The van der Waals surface area contributed by atoms with Gasteiger partial charge < -0.3 is 0 Å². The van der Waals surface area contributed by atoms with Crippen molar-refractivity contribution in [1.29, 1.82) is 0 Å². The van der Waals surface area contributed by atoms with Gasteiger partial charge in [0.1, 0.15) is 0 Å². The Labute approximate surface area is 77.9 Å². The van der Waals surface area contributed by atoms with Gasteiger partial charge in [0, 0.05) is 0 Å². The van der Waals surface area contributed by atoms with Gasteiger partial charge >= 0.3 is 0 Å². The van der Waals surface area contributed by atoms with Crippen molar-refractivity contribution >= 4 is 23.5 Å². The van der Waals surface area contributed by atoms with Crippen molar-refractivity contribution in [2.24, 2.45) is 11.8 Å². The second kappa shape index (κ2) is 4.08. The third-order valence-corrected chi connectivity index (χ3v) is 5.47. The third kappa shape index (κ3) is 2.32. The molecule has 2 fully saturated rings. The molecule has 0 nitrogen and oxygen atoms in total. The first kappa shape index (κ1) is 8.31. The molecule has 0 radical (unpaired) electrons. The van der Waals surface area contributed by atoms with E-state index in [4.69, 9.17) is 0 Å². The Morgan fingerprint density at radius 3 is 1.55 bits per heavy atom. The Kier molecular flexibility index (Phi) is 3.08. The molecule has 11 heavy (non-hydrogen) atoms. The maximum atomic E-state index is 2.12. The fourth-order valence-electron chi connectivity index (χ4n) is 1.60. The maximum absolute atomic E-state index is 2.12. The molecule has 0 aromatic rings. The van der Waals surface area contributed by atoms with Crippen LogP contribution in [0.5, 0.6) is 0 Å². The molecule has 0 amide bonds. The van der Waals surface area contributed by atoms with E-state index >= 15 is 0 Å². The Morgan fingerprint density at radius 2 is 1.27 bits per heavy atom. The highest BCUT2D eigenvalue weighted by atomic mass is 32.2. The molecular formula is C9H16S2. The number of hydrogen-bond acceptors (Lipinski definition) is 2. The van der Waals surface area contributed by atoms with Crippen LogP contribution in [0.25, 0.3) is 0 Å². The van der Waals surface area contributed by atoms with Crippen LogP contribution in [0.1, 0.15) is 19.3 Å². The second-order valence-electron chi connectivity index (χ2n) is 3.74. The molecule has 2 heteroatoms. The van der Waals surface area contributed by atoms with Gasteiger partial charge in [0.05, 0.1) is 0 Å². The molecule has 2 aliphatic heterocycles. The summed E-state index contributed by atoms with van der Waals surface area (Å²) in [6.45, 7) is 0. The highest BCUT2D eigenvalue weighted by Gasteiger charge is 2.20. The van der Waals surface area contributed by atoms with Crippen LogP contribution in [0.2, 0.25) is 0 Å². The minimum absolute atomic E-state index is 1.10. The molecule has 2 rings (SSSR count). The van der Waals surface area contributed by atoms with Crippen molar-refractivity contribution in [3.8, 4) is 0 Å². The molecule has 64 valence electrons. The molecule has 0 atom stereocenters. The van der Waals surface area contributed by atoms with Gasteiger partial charge in [0.2, 0.25) is 0 Å². The van der Waals surface area contributed by atoms with Crippen molar-refractivity contribution in [2.75, 3.05) is 23.0 Å². The molecule has 0 unspecified atom stereocenters. The summed E-state index contributed by atoms with van der Waals surface area (Å²) in [7, 11) is 0. The standard InChI is InChI=1S/C9H16S2/c1(2-8-4-10-5-8)3-9-6-11-7-9/h8-9H,1-7H2. The monoisotopic (exact) mass is 188 g/mol. The van der Waals surface area contributed by atoms with Crippen molar-refractivity contribution in [2.45, 2.75) is 19.3 Å². The molecule has 0 spiro atoms. The zero-order chi connectivity index (χ0) is 7.52. The van der Waals surface area contributed by atoms with Gasteiger partial charge in [0.25, 0.3) is 0 Å². The Balaban J connectivity index is 1.46. The number of thioether (sulfide) groups is 2. The summed E-state index contributed by atoms with van der Waals surface area (Å²) in [5.74, 6) is 8.04. The van der Waals surface area contributed by atoms with Gasteiger partial charge in [-0.05, 0) is 47.7 Å². The SMILES string of the molecule is C(CC1CSC1)CC1CSC1. The lowest BCUT2D eigenvalue weighted by atomic mass is 10.00. The summed E-state index contributed by atoms with van der Waals surface area (Å²) in [6, 6.07) is 0. The van der Waals surface area contributed by atoms with E-state index in [0.29, 0.717) is 0 Å². The molecule has 0 bridgehead atoms. The molecule has 2 saturated heterocycles. The second-order valence-corrected chi connectivity index (χ2v) is 5.89. The van der Waals surface area contributed by atoms with Gasteiger partial charge in [-0.2, -0.15) is 23.5 Å². The van der Waals surface area contributed by atoms with Crippen molar-refractivity contribution in [1.82, 2.24) is 0 Å². The molecular weight excluding hydrogens is 172 g/mol. The van der Waals surface area contributed by atoms with Crippen LogP contribution in [-0.2, 0) is 0 Å². The minimum atomic E-state index is 1.10. The summed E-state index contributed by atoms with van der Waals surface area (Å²) in [5, 5.41) is 0. The quantitative estimate of drug-likeness (QED) is 0.665. The van der Waals surface area contributed by atoms with Crippen LogP contribution in [0.4, 0.5) is 0 Å². The fraction of sp³-hybridized carbons (Fsp3) is 1.00. The lowest BCUT2D eigenvalue weighted by Gasteiger charge is -2.28. The van der Waals surface area contributed by atoms with Gasteiger partial charge in [-0.1, -0.05) is 6.42 Å². The molecule has 0 aliphatic carbocycles. The first-order valence-corrected chi connectivity index (χ1v) is 6.91. The summed E-state index contributed by atoms with van der Waals surface area (Å²) >= 11 is 4.24. The van der Waals surface area contributed by atoms with E-state index in [1.54, 1.807) is 0 Å². The molecule has 0 N–H and O–H groups in total. The third-order valence-electron chi connectivity index (χ3n) is 2.64. The smallest absolute Gasteiger partial charge is 0.00311 e. The van der Waals surface area contributed by atoms with Gasteiger partial charge in [0.15, 0.2) is 0 Å². The van der Waals surface area contributed by atoms with Crippen molar-refractivity contribution < 1.29 is 0 Å². The van der Waals surface area contributed by atoms with Crippen LogP contribution < -0.4 is 0 Å². The molecule has 2 heterocycles. The number of rotatable bonds is 4. The topological polar surface area (TPSA) is 0 Å². The van der Waals surface area contributed by atoms with E-state index < -0.39 is 0 Å². The summed E-state index contributed by atoms with van der Waals surface area (Å²) < 4.78 is 0. The lowest BCUT2D eigenvalue weighted by molar-refractivity contribution is 0.475. The van der Waals surface area contributed by atoms with Crippen LogP contribution in [0.15, 0.2) is 0 Å². The van der Waals surface area contributed by atoms with Gasteiger partial charge in [-0.25, -0.2) is 0 Å². The summed E-state index contributed by atoms with van der Waals surface area (Å²) in [5.41, 5.74) is 0. The van der Waals surface area contributed by atoms with E-state index in [1.165, 1.54) is 42.3 Å². The zero-order valence-electron chi connectivity index (χ0n) is 6.92. The lowest BCUT2D eigenvalue weighted by Crippen LogP contribution is -2.20. The van der Waals surface area contributed by atoms with Crippen LogP contribution in [-0.4, -0.2) is 23.0 Å². The summed E-state index contributed by atoms with van der Waals surface area (Å²) in [6.07, 6.45) is 4.55. The molecule has 2 aliphatic rings. The predicted octanol–water partition coefficient (Wildman–Crippen LogP) is 2.88. The normalized spacial score (nSPS) is 26.2. The maximum Gasteiger partial charge on any atom is -0.00311 e. The average molecular weight is 188 g/mol. The van der Waals surface area contributed by atoms with Gasteiger partial charge in [-0.15, -0.1) is 0 Å². The Morgan fingerprint density at radius 1 is 0.818 bits per heavy atom. The van der Waals surface area contributed by atoms with Gasteiger partial charge in [-0.3, -0.25) is 0 Å². The number of hydrogen-bond donors (Lipinski definition) is 0. The van der Waals surface area contributed by atoms with Crippen LogP contribution in [0, 0.1) is 11.8 Å². The largest absolute Gasteiger partial charge is 0.161 e. The first-order chi connectivity index (χ1) is 5.45. The highest BCUT2D eigenvalue weighted by Crippen LogP contribution is 2.32. The van der Waals surface area contributed by atoms with Crippen LogP contribution in [0.3, 0.4) is 0 Å². The Hall–Kier alpha value is 0.700. The van der Waals surface area contributed by atoms with Crippen molar-refractivity contribution in [3.05, 3.63) is 0 Å². The van der Waals surface area contributed by atoms with E-state index in [1.807, 2.05) is 0 Å². The molecule has 0 aromatic carbocycles. The highest BCUT2D eigenvalue weighted by molar-refractivity contribution is 8.00. The molecule has 0 aromatic heterocycles. The Bertz CT molecular complexity index is 103. The van der Waals surface area contributed by atoms with E-state index in [9.17, 15) is 0 Å².